The molecule has 64 valence electrons. The van der Waals surface area contributed by atoms with Crippen molar-refractivity contribution in [3.8, 4) is 0 Å². The van der Waals surface area contributed by atoms with Crippen LogP contribution in [0.1, 0.15) is 0 Å². The van der Waals surface area contributed by atoms with Crippen molar-refractivity contribution in [2.75, 3.05) is 11.8 Å². The summed E-state index contributed by atoms with van der Waals surface area (Å²) in [5.41, 5.74) is 1.16. The first kappa shape index (κ1) is 8.17. The molecule has 0 amide bonds. The summed E-state index contributed by atoms with van der Waals surface area (Å²) in [5.74, 6) is 0.848. The second-order valence-electron chi connectivity index (χ2n) is 2.90. The Labute approximate surface area is 78.2 Å². The molecule has 0 aliphatic carbocycles. The highest BCUT2D eigenvalue weighted by atomic mass is 15.0. The number of nitrogens with zero attached hydrogens (tertiary/aromatic N) is 2. The molecule has 0 fully saturated rings. The number of rotatable bonds is 2. The zero-order chi connectivity index (χ0) is 9.26. The molecule has 0 unspecified atom stereocenters. The minimum Gasteiger partial charge on any atom is -0.379 e. The first-order chi connectivity index (χ1) is 6.33. The monoisotopic (exact) mass is 171 g/mol. The summed E-state index contributed by atoms with van der Waals surface area (Å²) >= 11 is 0. The smallest absolute Gasteiger partial charge is 0.134 e. The number of aryl methyl sites for hydroxylation is 1. The number of nitrogens with one attached hydrogen (secondary N) is 1. The van der Waals surface area contributed by atoms with Gasteiger partial charge in [-0.1, -0.05) is 0 Å². The number of hydrogen-bond acceptors (Lipinski definition) is 2. The zero-order valence-electron chi connectivity index (χ0n) is 7.49. The molecule has 1 N–H and O–H groups in total. The lowest BCUT2D eigenvalue weighted by Gasteiger charge is -2.03. The molecule has 4 heteroatoms. The topological polar surface area (TPSA) is 29.9 Å². The molecule has 0 atom stereocenters. The standard InChI is InChI=1S/C9H10BN3/c1-13-5-3-7-8(13)2-4-11-9(7)12-6-10/h2-5H,6H2,1H3,(H,11,12). The molecule has 0 saturated heterocycles. The van der Waals surface area contributed by atoms with Crippen LogP contribution in [0.15, 0.2) is 24.5 Å². The van der Waals surface area contributed by atoms with Crippen molar-refractivity contribution in [2.24, 2.45) is 7.05 Å². The van der Waals surface area contributed by atoms with Gasteiger partial charge in [-0.2, -0.15) is 0 Å². The Balaban J connectivity index is 2.63. The minimum atomic E-state index is 0.404. The fourth-order valence-electron chi connectivity index (χ4n) is 1.44. The van der Waals surface area contributed by atoms with Gasteiger partial charge < -0.3 is 9.88 Å². The largest absolute Gasteiger partial charge is 0.379 e. The lowest BCUT2D eigenvalue weighted by Crippen LogP contribution is -2.02. The van der Waals surface area contributed by atoms with E-state index in [1.165, 1.54) is 0 Å². The predicted molar refractivity (Wildman–Crippen MR) is 55.0 cm³/mol. The van der Waals surface area contributed by atoms with Crippen LogP contribution in [0.4, 0.5) is 5.82 Å². The Kier molecular flexibility index (Phi) is 1.96. The molecule has 0 aliphatic heterocycles. The number of anilines is 1. The van der Waals surface area contributed by atoms with Crippen LogP contribution in [0.5, 0.6) is 0 Å². The number of hydrogen-bond donors (Lipinski definition) is 1. The summed E-state index contributed by atoms with van der Waals surface area (Å²) in [6.07, 6.45) is 4.19. The first-order valence-electron chi connectivity index (χ1n) is 4.17. The van der Waals surface area contributed by atoms with E-state index in [2.05, 4.69) is 14.9 Å². The van der Waals surface area contributed by atoms with Crippen LogP contribution < -0.4 is 5.32 Å². The summed E-state index contributed by atoms with van der Waals surface area (Å²) in [4.78, 5) is 4.21. The Morgan fingerprint density at radius 3 is 3.15 bits per heavy atom. The quantitative estimate of drug-likeness (QED) is 0.686. The highest BCUT2D eigenvalue weighted by molar-refractivity contribution is 6.10. The van der Waals surface area contributed by atoms with Crippen LogP contribution in [-0.4, -0.2) is 23.8 Å². The molecular formula is C9H10BN3. The molecule has 0 bridgehead atoms. The van der Waals surface area contributed by atoms with Crippen LogP contribution in [0.25, 0.3) is 10.9 Å². The lowest BCUT2D eigenvalue weighted by atomic mass is 10.1. The van der Waals surface area contributed by atoms with Gasteiger partial charge >= 0.3 is 0 Å². The summed E-state index contributed by atoms with van der Waals surface area (Å²) in [6, 6.07) is 4.01. The maximum absolute atomic E-state index is 5.40. The summed E-state index contributed by atoms with van der Waals surface area (Å²) in [6.45, 7) is 0. The second kappa shape index (κ2) is 3.13. The van der Waals surface area contributed by atoms with Gasteiger partial charge in [0.25, 0.3) is 0 Å². The van der Waals surface area contributed by atoms with Crippen molar-refractivity contribution < 1.29 is 0 Å². The predicted octanol–water partition coefficient (Wildman–Crippen LogP) is 1.11. The molecule has 2 aromatic heterocycles. The summed E-state index contributed by atoms with van der Waals surface area (Å²) in [7, 11) is 7.41. The van der Waals surface area contributed by atoms with Gasteiger partial charge in [-0.15, -0.1) is 0 Å². The normalized spacial score (nSPS) is 10.5. The number of fused-ring (bicyclic) bond motifs is 1. The van der Waals surface area contributed by atoms with E-state index < -0.39 is 0 Å². The molecule has 2 aromatic rings. The SMILES string of the molecule is [B]CNc1nccc2c1ccn2C. The molecule has 13 heavy (non-hydrogen) atoms. The van der Waals surface area contributed by atoms with Crippen molar-refractivity contribution in [3.63, 3.8) is 0 Å². The maximum Gasteiger partial charge on any atom is 0.134 e. The van der Waals surface area contributed by atoms with Gasteiger partial charge in [0.05, 0.1) is 13.4 Å². The molecular weight excluding hydrogens is 161 g/mol. The maximum atomic E-state index is 5.40. The van der Waals surface area contributed by atoms with Crippen molar-refractivity contribution in [2.45, 2.75) is 0 Å². The Morgan fingerprint density at radius 1 is 1.54 bits per heavy atom. The fraction of sp³-hybridized carbons (Fsp3) is 0.222. The lowest BCUT2D eigenvalue weighted by molar-refractivity contribution is 0.968. The summed E-state index contributed by atoms with van der Waals surface area (Å²) < 4.78 is 2.05. The molecule has 3 nitrogen and oxygen atoms in total. The molecule has 0 spiro atoms. The van der Waals surface area contributed by atoms with Gasteiger partial charge in [0.15, 0.2) is 0 Å². The Hall–Kier alpha value is -1.45. The van der Waals surface area contributed by atoms with Crippen molar-refractivity contribution >= 4 is 24.6 Å². The highest BCUT2D eigenvalue weighted by Gasteiger charge is 2.02. The third-order valence-corrected chi connectivity index (χ3v) is 2.08. The van der Waals surface area contributed by atoms with Gasteiger partial charge in [0.1, 0.15) is 5.82 Å². The van der Waals surface area contributed by atoms with E-state index in [0.29, 0.717) is 6.44 Å². The van der Waals surface area contributed by atoms with E-state index in [1.54, 1.807) is 6.20 Å². The van der Waals surface area contributed by atoms with E-state index in [1.807, 2.05) is 25.4 Å². The third kappa shape index (κ3) is 1.28. The fourth-order valence-corrected chi connectivity index (χ4v) is 1.44. The van der Waals surface area contributed by atoms with E-state index in [4.69, 9.17) is 7.85 Å². The Bertz CT molecular complexity index is 422. The zero-order valence-corrected chi connectivity index (χ0v) is 7.49. The number of pyridine rings is 1. The van der Waals surface area contributed by atoms with Crippen molar-refractivity contribution in [3.05, 3.63) is 24.5 Å². The van der Waals surface area contributed by atoms with E-state index in [9.17, 15) is 0 Å². The van der Waals surface area contributed by atoms with Crippen LogP contribution in [0, 0.1) is 0 Å². The third-order valence-electron chi connectivity index (χ3n) is 2.08. The van der Waals surface area contributed by atoms with Crippen molar-refractivity contribution in [1.29, 1.82) is 0 Å². The highest BCUT2D eigenvalue weighted by Crippen LogP contribution is 2.20. The van der Waals surface area contributed by atoms with Crippen LogP contribution in [0.3, 0.4) is 0 Å². The van der Waals surface area contributed by atoms with Crippen LogP contribution in [-0.2, 0) is 7.05 Å². The first-order valence-corrected chi connectivity index (χ1v) is 4.17. The Morgan fingerprint density at radius 2 is 2.38 bits per heavy atom. The molecule has 0 aromatic carbocycles. The molecule has 0 saturated carbocycles. The van der Waals surface area contributed by atoms with Gasteiger partial charge in [-0.25, -0.2) is 4.98 Å². The van der Waals surface area contributed by atoms with E-state index in [0.717, 1.165) is 16.7 Å². The molecule has 2 radical (unpaired) electrons. The molecule has 2 heterocycles. The average molecular weight is 171 g/mol. The van der Waals surface area contributed by atoms with Gasteiger partial charge in [0.2, 0.25) is 0 Å². The average Bonchev–Trinajstić information content (AvgIpc) is 2.50. The van der Waals surface area contributed by atoms with E-state index >= 15 is 0 Å². The van der Waals surface area contributed by atoms with Crippen LogP contribution >= 0.6 is 0 Å². The van der Waals surface area contributed by atoms with Gasteiger partial charge in [-0.05, 0) is 18.6 Å². The van der Waals surface area contributed by atoms with Crippen LogP contribution in [0.2, 0.25) is 0 Å². The minimum absolute atomic E-state index is 0.404. The van der Waals surface area contributed by atoms with Gasteiger partial charge in [-0.3, -0.25) is 0 Å². The number of aromatic nitrogens is 2. The molecule has 0 aliphatic rings. The summed E-state index contributed by atoms with van der Waals surface area (Å²) in [5, 5.41) is 4.12. The molecule has 2 rings (SSSR count). The van der Waals surface area contributed by atoms with E-state index in [-0.39, 0.29) is 0 Å². The van der Waals surface area contributed by atoms with Gasteiger partial charge in [0, 0.05) is 24.8 Å². The van der Waals surface area contributed by atoms with Crippen molar-refractivity contribution in [1.82, 2.24) is 9.55 Å². The second-order valence-corrected chi connectivity index (χ2v) is 2.90.